The molecule has 0 aromatic heterocycles. The number of hydrogen-bond acceptors (Lipinski definition) is 8. The Morgan fingerprint density at radius 2 is 1.26 bits per heavy atom. The molecule has 0 aromatic rings. The predicted molar refractivity (Wildman–Crippen MR) is 95.0 cm³/mol. The zero-order valence-electron chi connectivity index (χ0n) is 15.6. The Hall–Kier alpha value is -1.21. The van der Waals surface area contributed by atoms with Gasteiger partial charge < -0.3 is 9.47 Å². The van der Waals surface area contributed by atoms with Crippen molar-refractivity contribution in [1.82, 2.24) is 14.0 Å². The number of hydrogen-bond donors (Lipinski definition) is 0. The maximum absolute atomic E-state index is 12.6. The maximum Gasteiger partial charge on any atom is 0.357 e. The van der Waals surface area contributed by atoms with Gasteiger partial charge >= 0.3 is 11.9 Å². The minimum Gasteiger partial charge on any atom is -0.465 e. The standard InChI is InChI=1S/C14H29N4O4P/c1-10-15-11(13(19)21-8)12(14(20)22-9)23(16(2)3,17(4)5)18(6)7/h10H2,1-9H3. The fourth-order valence-electron chi connectivity index (χ4n) is 2.62. The van der Waals surface area contributed by atoms with Crippen LogP contribution in [0.3, 0.4) is 0 Å². The SMILES string of the molecule is CCN=C(C(=O)OC)C(C(=O)OC)=P(N(C)C)(N(C)C)N(C)C. The lowest BCUT2D eigenvalue weighted by Crippen LogP contribution is -2.43. The molecule has 23 heavy (non-hydrogen) atoms. The molecule has 0 unspecified atom stereocenters. The molecule has 0 saturated heterocycles. The first kappa shape index (κ1) is 21.8. The number of ether oxygens (including phenoxy) is 2. The number of methoxy groups -OCH3 is 2. The summed E-state index contributed by atoms with van der Waals surface area (Å²) in [6, 6.07) is 0. The predicted octanol–water partition coefficient (Wildman–Crippen LogP) is 0.413. The summed E-state index contributed by atoms with van der Waals surface area (Å²) in [4.78, 5) is 29.1. The maximum atomic E-state index is 12.6. The first-order valence-corrected chi connectivity index (χ1v) is 8.78. The van der Waals surface area contributed by atoms with E-state index in [2.05, 4.69) is 4.99 Å². The Morgan fingerprint density at radius 3 is 1.52 bits per heavy atom. The van der Waals surface area contributed by atoms with Crippen LogP contribution in [0.15, 0.2) is 4.99 Å². The molecule has 0 fully saturated rings. The fraction of sp³-hybridized carbons (Fsp3) is 0.714. The first-order valence-electron chi connectivity index (χ1n) is 7.14. The van der Waals surface area contributed by atoms with Gasteiger partial charge in [0.15, 0.2) is 5.71 Å². The van der Waals surface area contributed by atoms with Crippen molar-refractivity contribution >= 4 is 30.3 Å². The summed E-state index contributed by atoms with van der Waals surface area (Å²) >= 11 is 0. The van der Waals surface area contributed by atoms with Gasteiger partial charge in [-0.25, -0.2) is 9.59 Å². The van der Waals surface area contributed by atoms with Gasteiger partial charge in [-0.1, -0.05) is 0 Å². The normalized spacial score (nSPS) is 12.8. The quantitative estimate of drug-likeness (QED) is 0.375. The summed E-state index contributed by atoms with van der Waals surface area (Å²) < 4.78 is 15.6. The molecule has 0 rings (SSSR count). The molecule has 134 valence electrons. The molecule has 0 radical (unpaired) electrons. The van der Waals surface area contributed by atoms with E-state index in [4.69, 9.17) is 9.47 Å². The van der Waals surface area contributed by atoms with E-state index in [0.29, 0.717) is 6.54 Å². The molecule has 0 amide bonds. The van der Waals surface area contributed by atoms with Crippen LogP contribution in [0.2, 0.25) is 0 Å². The summed E-state index contributed by atoms with van der Waals surface area (Å²) in [5.41, 5.74) is 0.00582. The second kappa shape index (κ2) is 9.17. The van der Waals surface area contributed by atoms with E-state index in [1.807, 2.05) is 56.3 Å². The zero-order chi connectivity index (χ0) is 18.4. The van der Waals surface area contributed by atoms with Crippen LogP contribution in [0.4, 0.5) is 0 Å². The van der Waals surface area contributed by atoms with E-state index < -0.39 is 19.3 Å². The van der Waals surface area contributed by atoms with Crippen LogP contribution in [0.25, 0.3) is 0 Å². The molecule has 0 aliphatic rings. The number of carbonyl (C=O) groups is 2. The van der Waals surface area contributed by atoms with Gasteiger partial charge in [-0.15, -0.1) is 0 Å². The van der Waals surface area contributed by atoms with Gasteiger partial charge in [0.2, 0.25) is 0 Å². The molecule has 8 nitrogen and oxygen atoms in total. The van der Waals surface area contributed by atoms with Crippen LogP contribution in [0.1, 0.15) is 6.92 Å². The number of esters is 2. The van der Waals surface area contributed by atoms with Crippen LogP contribution in [-0.4, -0.2) is 100 Å². The molecular formula is C14H29N4O4P. The van der Waals surface area contributed by atoms with Crippen LogP contribution < -0.4 is 0 Å². The third-order valence-electron chi connectivity index (χ3n) is 3.27. The lowest BCUT2D eigenvalue weighted by Gasteiger charge is -2.44. The van der Waals surface area contributed by atoms with Crippen molar-refractivity contribution in [2.24, 2.45) is 4.99 Å². The van der Waals surface area contributed by atoms with Gasteiger partial charge in [0.05, 0.1) is 21.6 Å². The first-order chi connectivity index (χ1) is 10.6. The zero-order valence-corrected chi connectivity index (χ0v) is 16.5. The number of carbonyl (C=O) groups excluding carboxylic acids is 2. The summed E-state index contributed by atoms with van der Waals surface area (Å²) in [5, 5.41) is 0.216. The van der Waals surface area contributed by atoms with Gasteiger partial charge in [-0.2, -0.15) is 0 Å². The Balaban J connectivity index is 7.15. The van der Waals surface area contributed by atoms with Crippen LogP contribution in [0, 0.1) is 0 Å². The van der Waals surface area contributed by atoms with E-state index >= 15 is 0 Å². The van der Waals surface area contributed by atoms with Crippen molar-refractivity contribution < 1.29 is 19.1 Å². The summed E-state index contributed by atoms with van der Waals surface area (Å²) in [6.07, 6.45) is 0. The molecule has 0 saturated carbocycles. The van der Waals surface area contributed by atoms with E-state index in [1.165, 1.54) is 14.2 Å². The van der Waals surface area contributed by atoms with Gasteiger partial charge in [0, 0.05) is 6.54 Å². The molecule has 0 aliphatic carbocycles. The average molecular weight is 348 g/mol. The Kier molecular flexibility index (Phi) is 8.69. The van der Waals surface area contributed by atoms with Crippen LogP contribution in [0.5, 0.6) is 0 Å². The smallest absolute Gasteiger partial charge is 0.357 e. The summed E-state index contributed by atoms with van der Waals surface area (Å²) in [7, 11) is 11.2. The second-order valence-corrected chi connectivity index (χ2v) is 9.25. The minimum atomic E-state index is -2.54. The molecule has 0 atom stereocenters. The molecule has 9 heteroatoms. The molecule has 0 bridgehead atoms. The van der Waals surface area contributed by atoms with E-state index in [0.717, 1.165) is 0 Å². The van der Waals surface area contributed by atoms with E-state index in [9.17, 15) is 9.59 Å². The summed E-state index contributed by atoms with van der Waals surface area (Å²) in [5.74, 6) is -1.24. The van der Waals surface area contributed by atoms with Crippen molar-refractivity contribution in [2.45, 2.75) is 6.92 Å². The van der Waals surface area contributed by atoms with Crippen molar-refractivity contribution in [3.63, 3.8) is 0 Å². The van der Waals surface area contributed by atoms with Gasteiger partial charge in [-0.05, 0) is 49.2 Å². The van der Waals surface area contributed by atoms with Gasteiger partial charge in [-0.3, -0.25) is 19.0 Å². The Labute approximate surface area is 139 Å². The average Bonchev–Trinajstić information content (AvgIpc) is 2.47. The monoisotopic (exact) mass is 348 g/mol. The highest BCUT2D eigenvalue weighted by Gasteiger charge is 2.40. The van der Waals surface area contributed by atoms with Crippen molar-refractivity contribution in [2.75, 3.05) is 63.1 Å². The topological polar surface area (TPSA) is 74.7 Å². The van der Waals surface area contributed by atoms with Gasteiger partial charge in [0.25, 0.3) is 0 Å². The molecule has 0 aromatic carbocycles. The highest BCUT2D eigenvalue weighted by atomic mass is 31.2. The summed E-state index contributed by atoms with van der Waals surface area (Å²) in [6.45, 7) is 2.14. The van der Waals surface area contributed by atoms with Crippen LogP contribution >= 0.6 is 7.34 Å². The number of nitrogens with zero attached hydrogens (tertiary/aromatic N) is 4. The lowest BCUT2D eigenvalue weighted by atomic mass is 10.2. The van der Waals surface area contributed by atoms with Gasteiger partial charge in [0.1, 0.15) is 5.29 Å². The molecule has 0 N–H and O–H groups in total. The third kappa shape index (κ3) is 4.20. The van der Waals surface area contributed by atoms with Crippen molar-refractivity contribution in [3.8, 4) is 0 Å². The Morgan fingerprint density at radius 1 is 0.870 bits per heavy atom. The van der Waals surface area contributed by atoms with Crippen LogP contribution in [-0.2, 0) is 19.1 Å². The minimum absolute atomic E-state index is 0.00582. The highest BCUT2D eigenvalue weighted by Crippen LogP contribution is 2.54. The largest absolute Gasteiger partial charge is 0.465 e. The van der Waals surface area contributed by atoms with E-state index in [1.54, 1.807) is 6.92 Å². The number of rotatable bonds is 7. The Bertz CT molecular complexity index is 498. The lowest BCUT2D eigenvalue weighted by molar-refractivity contribution is -0.134. The molecule has 0 heterocycles. The fourth-order valence-corrected chi connectivity index (χ4v) is 6.75. The second-order valence-electron chi connectivity index (χ2n) is 5.26. The molecular weight excluding hydrogens is 319 g/mol. The van der Waals surface area contributed by atoms with E-state index in [-0.39, 0.29) is 11.0 Å². The molecule has 0 spiro atoms. The number of aliphatic imine (C=N–C) groups is 1. The molecule has 0 aliphatic heterocycles. The van der Waals surface area contributed by atoms with Crippen molar-refractivity contribution in [3.05, 3.63) is 0 Å². The highest BCUT2D eigenvalue weighted by molar-refractivity contribution is 7.74. The van der Waals surface area contributed by atoms with Crippen molar-refractivity contribution in [1.29, 1.82) is 0 Å². The third-order valence-corrected chi connectivity index (χ3v) is 7.61.